The van der Waals surface area contributed by atoms with Crippen molar-refractivity contribution in [1.82, 2.24) is 14.5 Å². The van der Waals surface area contributed by atoms with Crippen LogP contribution in [0.25, 0.3) is 10.9 Å². The smallest absolute Gasteiger partial charge is 0.261 e. The fourth-order valence-electron chi connectivity index (χ4n) is 4.79. The first-order valence-electron chi connectivity index (χ1n) is 10.5. The normalized spacial score (nSPS) is 21.1. The van der Waals surface area contributed by atoms with E-state index >= 15 is 0 Å². The Labute approximate surface area is 161 Å². The molecule has 1 saturated heterocycles. The van der Waals surface area contributed by atoms with Gasteiger partial charge in [0, 0.05) is 13.1 Å². The maximum atomic E-state index is 12.7. The number of benzene rings is 1. The molecule has 5 heteroatoms. The van der Waals surface area contributed by atoms with Gasteiger partial charge in [0.15, 0.2) is 0 Å². The molecule has 1 aromatic carbocycles. The molecule has 0 spiro atoms. The molecular formula is C22H31N3O2. The zero-order chi connectivity index (χ0) is 18.7. The minimum Gasteiger partial charge on any atom is -0.388 e. The number of para-hydroxylation sites is 1. The second-order valence-corrected chi connectivity index (χ2v) is 8.55. The van der Waals surface area contributed by atoms with Gasteiger partial charge in [-0.05, 0) is 50.3 Å². The molecule has 2 aliphatic rings. The van der Waals surface area contributed by atoms with Gasteiger partial charge in [-0.15, -0.1) is 0 Å². The van der Waals surface area contributed by atoms with E-state index in [-0.39, 0.29) is 5.56 Å². The number of hydrogen-bond donors (Lipinski definition) is 1. The summed E-state index contributed by atoms with van der Waals surface area (Å²) < 4.78 is 1.58. The van der Waals surface area contributed by atoms with E-state index in [0.29, 0.717) is 17.4 Å². The number of nitrogens with zero attached hydrogens (tertiary/aromatic N) is 3. The molecule has 1 aromatic heterocycles. The van der Waals surface area contributed by atoms with Gasteiger partial charge in [-0.1, -0.05) is 37.8 Å². The van der Waals surface area contributed by atoms with Gasteiger partial charge < -0.3 is 10.0 Å². The largest absolute Gasteiger partial charge is 0.388 e. The first-order valence-corrected chi connectivity index (χ1v) is 10.5. The number of fused-ring (bicyclic) bond motifs is 1. The predicted molar refractivity (Wildman–Crippen MR) is 108 cm³/mol. The van der Waals surface area contributed by atoms with Gasteiger partial charge in [-0.25, -0.2) is 4.98 Å². The van der Waals surface area contributed by atoms with Crippen molar-refractivity contribution in [3.63, 3.8) is 0 Å². The van der Waals surface area contributed by atoms with Crippen molar-refractivity contribution in [2.45, 2.75) is 63.5 Å². The van der Waals surface area contributed by atoms with Crippen LogP contribution >= 0.6 is 0 Å². The molecule has 2 aromatic rings. The van der Waals surface area contributed by atoms with E-state index in [9.17, 15) is 9.90 Å². The molecule has 0 radical (unpaired) electrons. The molecule has 0 bridgehead atoms. The van der Waals surface area contributed by atoms with Crippen molar-refractivity contribution in [2.75, 3.05) is 19.6 Å². The van der Waals surface area contributed by atoms with Crippen molar-refractivity contribution in [3.05, 3.63) is 40.9 Å². The first kappa shape index (κ1) is 18.6. The SMILES string of the molecule is O=c1c2ccccc2ncn1CC1(O)CCN(CCCC2CCCC2)CC1. The molecular weight excluding hydrogens is 338 g/mol. The summed E-state index contributed by atoms with van der Waals surface area (Å²) in [6.45, 7) is 3.30. The van der Waals surface area contributed by atoms with Crippen molar-refractivity contribution in [1.29, 1.82) is 0 Å². The van der Waals surface area contributed by atoms with Crippen LogP contribution in [0.5, 0.6) is 0 Å². The Bertz CT molecular complexity index is 818. The van der Waals surface area contributed by atoms with Gasteiger partial charge >= 0.3 is 0 Å². The lowest BCUT2D eigenvalue weighted by Gasteiger charge is -2.38. The zero-order valence-electron chi connectivity index (χ0n) is 16.1. The van der Waals surface area contributed by atoms with Crippen LogP contribution < -0.4 is 5.56 Å². The minimum atomic E-state index is -0.810. The number of rotatable bonds is 6. The highest BCUT2D eigenvalue weighted by Crippen LogP contribution is 2.29. The van der Waals surface area contributed by atoms with Crippen LogP contribution in [0, 0.1) is 5.92 Å². The monoisotopic (exact) mass is 369 g/mol. The van der Waals surface area contributed by atoms with E-state index in [0.717, 1.165) is 38.4 Å². The van der Waals surface area contributed by atoms with E-state index in [4.69, 9.17) is 0 Å². The lowest BCUT2D eigenvalue weighted by atomic mass is 9.91. The molecule has 0 unspecified atom stereocenters. The van der Waals surface area contributed by atoms with E-state index in [2.05, 4.69) is 9.88 Å². The third-order valence-corrected chi connectivity index (χ3v) is 6.54. The van der Waals surface area contributed by atoms with Gasteiger partial charge in [-0.2, -0.15) is 0 Å². The molecule has 2 fully saturated rings. The van der Waals surface area contributed by atoms with Gasteiger partial charge in [0.05, 0.1) is 29.4 Å². The van der Waals surface area contributed by atoms with Crippen LogP contribution in [-0.2, 0) is 6.54 Å². The summed E-state index contributed by atoms with van der Waals surface area (Å²) in [6, 6.07) is 7.39. The molecule has 27 heavy (non-hydrogen) atoms. The van der Waals surface area contributed by atoms with E-state index in [1.165, 1.54) is 38.5 Å². The van der Waals surface area contributed by atoms with Gasteiger partial charge in [0.1, 0.15) is 0 Å². The van der Waals surface area contributed by atoms with Crippen molar-refractivity contribution in [2.24, 2.45) is 5.92 Å². The lowest BCUT2D eigenvalue weighted by molar-refractivity contribution is -0.0351. The maximum absolute atomic E-state index is 12.7. The van der Waals surface area contributed by atoms with Crippen LogP contribution in [0.15, 0.2) is 35.4 Å². The van der Waals surface area contributed by atoms with E-state index in [1.54, 1.807) is 17.0 Å². The van der Waals surface area contributed by atoms with E-state index < -0.39 is 5.60 Å². The number of aliphatic hydroxyl groups is 1. The Hall–Kier alpha value is -1.72. The zero-order valence-corrected chi connectivity index (χ0v) is 16.1. The average Bonchev–Trinajstić information content (AvgIpc) is 3.20. The van der Waals surface area contributed by atoms with Crippen LogP contribution in [0.4, 0.5) is 0 Å². The fraction of sp³-hybridized carbons (Fsp3) is 0.636. The minimum absolute atomic E-state index is 0.0620. The third-order valence-electron chi connectivity index (χ3n) is 6.54. The molecule has 1 N–H and O–H groups in total. The molecule has 1 aliphatic carbocycles. The van der Waals surface area contributed by atoms with Crippen molar-refractivity contribution >= 4 is 10.9 Å². The van der Waals surface area contributed by atoms with E-state index in [1.807, 2.05) is 18.2 Å². The standard InChI is InChI=1S/C22H31N3O2/c26-21-19-9-3-4-10-20(19)23-17-25(21)16-22(27)11-14-24(15-12-22)13-5-8-18-6-1-2-7-18/h3-4,9-10,17-18,27H,1-2,5-8,11-16H2. The Morgan fingerprint density at radius 1 is 1.15 bits per heavy atom. The average molecular weight is 370 g/mol. The van der Waals surface area contributed by atoms with Crippen molar-refractivity contribution in [3.8, 4) is 0 Å². The highest BCUT2D eigenvalue weighted by Gasteiger charge is 2.33. The molecule has 146 valence electrons. The van der Waals surface area contributed by atoms with Crippen molar-refractivity contribution < 1.29 is 5.11 Å². The third kappa shape index (κ3) is 4.41. The highest BCUT2D eigenvalue weighted by molar-refractivity contribution is 5.76. The molecule has 1 aliphatic heterocycles. The van der Waals surface area contributed by atoms with Crippen LogP contribution in [0.2, 0.25) is 0 Å². The molecule has 4 rings (SSSR count). The Kier molecular flexibility index (Phi) is 5.60. The molecule has 1 saturated carbocycles. The van der Waals surface area contributed by atoms with Crippen LogP contribution in [-0.4, -0.2) is 44.8 Å². The van der Waals surface area contributed by atoms with Gasteiger partial charge in [0.2, 0.25) is 0 Å². The first-order chi connectivity index (χ1) is 13.1. The summed E-state index contributed by atoms with van der Waals surface area (Å²) in [4.78, 5) is 19.5. The summed E-state index contributed by atoms with van der Waals surface area (Å²) in [5.74, 6) is 0.957. The van der Waals surface area contributed by atoms with Crippen LogP contribution in [0.3, 0.4) is 0 Å². The van der Waals surface area contributed by atoms with Gasteiger partial charge in [0.25, 0.3) is 5.56 Å². The molecule has 0 atom stereocenters. The Morgan fingerprint density at radius 3 is 2.67 bits per heavy atom. The molecule has 5 nitrogen and oxygen atoms in total. The summed E-state index contributed by atoms with van der Waals surface area (Å²) in [6.07, 6.45) is 11.3. The second-order valence-electron chi connectivity index (χ2n) is 8.55. The molecule has 2 heterocycles. The Morgan fingerprint density at radius 2 is 1.89 bits per heavy atom. The molecule has 0 amide bonds. The summed E-state index contributed by atoms with van der Waals surface area (Å²) >= 11 is 0. The summed E-state index contributed by atoms with van der Waals surface area (Å²) in [7, 11) is 0. The number of hydrogen-bond acceptors (Lipinski definition) is 4. The highest BCUT2D eigenvalue weighted by atomic mass is 16.3. The fourth-order valence-corrected chi connectivity index (χ4v) is 4.79. The number of likely N-dealkylation sites (tertiary alicyclic amines) is 1. The second kappa shape index (κ2) is 8.11. The predicted octanol–water partition coefficient (Wildman–Crippen LogP) is 3.19. The summed E-state index contributed by atoms with van der Waals surface area (Å²) in [5.41, 5.74) is -0.161. The number of aromatic nitrogens is 2. The Balaban J connectivity index is 1.31. The summed E-state index contributed by atoms with van der Waals surface area (Å²) in [5, 5.41) is 11.6. The van der Waals surface area contributed by atoms with Gasteiger partial charge in [-0.3, -0.25) is 9.36 Å². The number of piperidine rings is 1. The topological polar surface area (TPSA) is 58.4 Å². The van der Waals surface area contributed by atoms with Crippen LogP contribution in [0.1, 0.15) is 51.4 Å². The quantitative estimate of drug-likeness (QED) is 0.850. The lowest BCUT2D eigenvalue weighted by Crippen LogP contribution is -2.48. The maximum Gasteiger partial charge on any atom is 0.261 e.